The van der Waals surface area contributed by atoms with Gasteiger partial charge in [-0.15, -0.1) is 11.8 Å². The summed E-state index contributed by atoms with van der Waals surface area (Å²) >= 11 is 7.59. The lowest BCUT2D eigenvalue weighted by atomic mass is 10.2. The normalized spacial score (nSPS) is 10.5. The highest BCUT2D eigenvalue weighted by molar-refractivity contribution is 7.98. The molecule has 0 radical (unpaired) electrons. The van der Waals surface area contributed by atoms with Gasteiger partial charge in [0.2, 0.25) is 0 Å². The largest absolute Gasteiger partial charge is 0.308 e. The average molecular weight is 295 g/mol. The number of thioether (sulfide) groups is 1. The molecule has 1 heterocycles. The van der Waals surface area contributed by atoms with Crippen molar-refractivity contribution in [2.75, 3.05) is 5.43 Å². The van der Waals surface area contributed by atoms with Crippen molar-refractivity contribution in [2.45, 2.75) is 24.5 Å². The molecule has 3 N–H and O–H groups in total. The predicted octanol–water partition coefficient (Wildman–Crippen LogP) is 3.32. The van der Waals surface area contributed by atoms with Gasteiger partial charge >= 0.3 is 0 Å². The second kappa shape index (κ2) is 6.23. The number of anilines is 1. The molecule has 4 nitrogen and oxygen atoms in total. The molecule has 1 aromatic heterocycles. The van der Waals surface area contributed by atoms with Crippen LogP contribution < -0.4 is 11.3 Å². The van der Waals surface area contributed by atoms with Crippen LogP contribution in [0, 0.1) is 13.8 Å². The number of rotatable bonds is 4. The van der Waals surface area contributed by atoms with E-state index >= 15 is 0 Å². The first-order valence-electron chi connectivity index (χ1n) is 5.79. The Bertz CT molecular complexity index is 589. The molecule has 0 bridgehead atoms. The summed E-state index contributed by atoms with van der Waals surface area (Å²) in [6.07, 6.45) is 0. The second-order valence-corrected chi connectivity index (χ2v) is 5.57. The molecular formula is C13H15ClN4S. The Kier molecular flexibility index (Phi) is 4.63. The first kappa shape index (κ1) is 14.1. The highest BCUT2D eigenvalue weighted by Gasteiger charge is 2.07. The molecule has 2 rings (SSSR count). The number of hydrazine groups is 1. The van der Waals surface area contributed by atoms with Gasteiger partial charge in [-0.05, 0) is 32.0 Å². The quantitative estimate of drug-likeness (QED) is 0.514. The Balaban J connectivity index is 2.13. The van der Waals surface area contributed by atoms with Crippen LogP contribution in [0.25, 0.3) is 0 Å². The second-order valence-electron chi connectivity index (χ2n) is 4.09. The van der Waals surface area contributed by atoms with Crippen LogP contribution in [-0.2, 0) is 5.75 Å². The van der Waals surface area contributed by atoms with E-state index in [1.54, 1.807) is 11.8 Å². The lowest BCUT2D eigenvalue weighted by Crippen LogP contribution is -2.13. The van der Waals surface area contributed by atoms with E-state index in [1.165, 1.54) is 0 Å². The minimum absolute atomic E-state index is 0.675. The van der Waals surface area contributed by atoms with Crippen LogP contribution >= 0.6 is 23.4 Å². The van der Waals surface area contributed by atoms with Gasteiger partial charge in [0.05, 0.1) is 5.75 Å². The number of aryl methyl sites for hydroxylation is 1. The Morgan fingerprint density at radius 1 is 1.32 bits per heavy atom. The summed E-state index contributed by atoms with van der Waals surface area (Å²) in [7, 11) is 0. The van der Waals surface area contributed by atoms with Gasteiger partial charge in [0.25, 0.3) is 0 Å². The smallest absolute Gasteiger partial charge is 0.146 e. The first-order valence-corrected chi connectivity index (χ1v) is 7.15. The number of nitrogen functional groups attached to an aromatic ring is 1. The number of aromatic nitrogens is 2. The number of nitrogens with one attached hydrogen (secondary N) is 1. The lowest BCUT2D eigenvalue weighted by molar-refractivity contribution is 0.968. The summed E-state index contributed by atoms with van der Waals surface area (Å²) < 4.78 is 0. The predicted molar refractivity (Wildman–Crippen MR) is 80.3 cm³/mol. The maximum Gasteiger partial charge on any atom is 0.146 e. The molecule has 0 saturated carbocycles. The van der Waals surface area contributed by atoms with Crippen LogP contribution in [0.4, 0.5) is 5.82 Å². The van der Waals surface area contributed by atoms with E-state index in [0.29, 0.717) is 11.6 Å². The SMILES string of the molecule is Cc1nc(CSc2cccc(Cl)c2)nc(NN)c1C. The maximum atomic E-state index is 5.95. The molecule has 0 amide bonds. The molecule has 0 aliphatic heterocycles. The fourth-order valence-electron chi connectivity index (χ4n) is 1.60. The minimum Gasteiger partial charge on any atom is -0.308 e. The monoisotopic (exact) mass is 294 g/mol. The fraction of sp³-hybridized carbons (Fsp3) is 0.231. The molecule has 19 heavy (non-hydrogen) atoms. The van der Waals surface area contributed by atoms with E-state index in [4.69, 9.17) is 17.4 Å². The van der Waals surface area contributed by atoms with Crippen molar-refractivity contribution in [3.8, 4) is 0 Å². The van der Waals surface area contributed by atoms with Crippen LogP contribution in [0.3, 0.4) is 0 Å². The molecule has 100 valence electrons. The van der Waals surface area contributed by atoms with Crippen molar-refractivity contribution in [1.29, 1.82) is 0 Å². The van der Waals surface area contributed by atoms with Crippen molar-refractivity contribution in [1.82, 2.24) is 9.97 Å². The number of hydrogen-bond donors (Lipinski definition) is 2. The van der Waals surface area contributed by atoms with Crippen molar-refractivity contribution in [2.24, 2.45) is 5.84 Å². The van der Waals surface area contributed by atoms with Crippen LogP contribution in [0.1, 0.15) is 17.1 Å². The summed E-state index contributed by atoms with van der Waals surface area (Å²) in [6, 6.07) is 7.72. The van der Waals surface area contributed by atoms with E-state index in [1.807, 2.05) is 38.1 Å². The topological polar surface area (TPSA) is 63.8 Å². The highest BCUT2D eigenvalue weighted by atomic mass is 35.5. The van der Waals surface area contributed by atoms with Crippen molar-refractivity contribution < 1.29 is 0 Å². The zero-order chi connectivity index (χ0) is 13.8. The van der Waals surface area contributed by atoms with Crippen LogP contribution in [0.5, 0.6) is 0 Å². The standard InChI is InChI=1S/C13H15ClN4S/c1-8-9(2)16-12(17-13(8)18-15)7-19-11-5-3-4-10(14)6-11/h3-6H,7,15H2,1-2H3,(H,16,17,18). The number of benzene rings is 1. The Labute approximate surface area is 121 Å². The van der Waals surface area contributed by atoms with E-state index in [0.717, 1.165) is 27.0 Å². The molecule has 0 aliphatic carbocycles. The van der Waals surface area contributed by atoms with Crippen molar-refractivity contribution in [3.05, 3.63) is 46.4 Å². The van der Waals surface area contributed by atoms with Gasteiger partial charge in [-0.25, -0.2) is 15.8 Å². The number of halogens is 1. The van der Waals surface area contributed by atoms with Gasteiger partial charge in [-0.2, -0.15) is 0 Å². The molecule has 0 saturated heterocycles. The molecule has 0 aliphatic rings. The molecular weight excluding hydrogens is 280 g/mol. The first-order chi connectivity index (χ1) is 9.10. The van der Waals surface area contributed by atoms with E-state index < -0.39 is 0 Å². The lowest BCUT2D eigenvalue weighted by Gasteiger charge is -2.09. The van der Waals surface area contributed by atoms with Gasteiger partial charge in [0.1, 0.15) is 11.6 Å². The van der Waals surface area contributed by atoms with E-state index in [9.17, 15) is 0 Å². The molecule has 6 heteroatoms. The fourth-order valence-corrected chi connectivity index (χ4v) is 2.66. The minimum atomic E-state index is 0.675. The van der Waals surface area contributed by atoms with Gasteiger partial charge in [0.15, 0.2) is 0 Å². The van der Waals surface area contributed by atoms with Crippen LogP contribution in [0.15, 0.2) is 29.2 Å². The van der Waals surface area contributed by atoms with Gasteiger partial charge in [-0.1, -0.05) is 17.7 Å². The molecule has 1 aromatic carbocycles. The van der Waals surface area contributed by atoms with Gasteiger partial charge < -0.3 is 5.43 Å². The summed E-state index contributed by atoms with van der Waals surface area (Å²) in [4.78, 5) is 9.94. The molecule has 0 unspecified atom stereocenters. The van der Waals surface area contributed by atoms with Gasteiger partial charge in [0, 0.05) is 21.2 Å². The third-order valence-corrected chi connectivity index (χ3v) is 3.96. The molecule has 2 aromatic rings. The molecule has 0 spiro atoms. The van der Waals surface area contributed by atoms with Crippen molar-refractivity contribution >= 4 is 29.2 Å². The van der Waals surface area contributed by atoms with E-state index in [2.05, 4.69) is 15.4 Å². The molecule has 0 fully saturated rings. The molecule has 0 atom stereocenters. The third kappa shape index (κ3) is 3.59. The number of nitrogens with zero attached hydrogens (tertiary/aromatic N) is 2. The third-order valence-electron chi connectivity index (χ3n) is 2.74. The zero-order valence-electron chi connectivity index (χ0n) is 10.8. The summed E-state index contributed by atoms with van der Waals surface area (Å²) in [5.74, 6) is 7.55. The zero-order valence-corrected chi connectivity index (χ0v) is 12.3. The Morgan fingerprint density at radius 3 is 2.79 bits per heavy atom. The Morgan fingerprint density at radius 2 is 2.11 bits per heavy atom. The van der Waals surface area contributed by atoms with E-state index in [-0.39, 0.29) is 0 Å². The van der Waals surface area contributed by atoms with Crippen LogP contribution in [-0.4, -0.2) is 9.97 Å². The van der Waals surface area contributed by atoms with Crippen LogP contribution in [0.2, 0.25) is 5.02 Å². The summed E-state index contributed by atoms with van der Waals surface area (Å²) in [5, 5.41) is 0.732. The van der Waals surface area contributed by atoms with Gasteiger partial charge in [-0.3, -0.25) is 0 Å². The Hall–Kier alpha value is -1.30. The summed E-state index contributed by atoms with van der Waals surface area (Å²) in [6.45, 7) is 3.89. The number of hydrogen-bond acceptors (Lipinski definition) is 5. The average Bonchev–Trinajstić information content (AvgIpc) is 2.40. The highest BCUT2D eigenvalue weighted by Crippen LogP contribution is 2.25. The van der Waals surface area contributed by atoms with Crippen molar-refractivity contribution in [3.63, 3.8) is 0 Å². The summed E-state index contributed by atoms with van der Waals surface area (Å²) in [5.41, 5.74) is 4.51. The maximum absolute atomic E-state index is 5.95. The number of nitrogens with two attached hydrogens (primary N) is 1.